The molecule has 0 amide bonds. The van der Waals surface area contributed by atoms with Crippen LogP contribution in [0.2, 0.25) is 0 Å². The molecule has 3 aromatic rings. The quantitative estimate of drug-likeness (QED) is 0.546. The fraction of sp³-hybridized carbons (Fsp3) is 0.440. The van der Waals surface area contributed by atoms with Crippen LogP contribution in [0, 0.1) is 5.82 Å². The first kappa shape index (κ1) is 22.8. The Morgan fingerprint density at radius 3 is 2.85 bits per heavy atom. The van der Waals surface area contributed by atoms with Crippen molar-refractivity contribution in [1.82, 2.24) is 20.2 Å². The largest absolute Gasteiger partial charge is 0.497 e. The van der Waals surface area contributed by atoms with E-state index >= 15 is 0 Å². The van der Waals surface area contributed by atoms with Crippen molar-refractivity contribution < 1.29 is 23.7 Å². The maximum atomic E-state index is 14.6. The number of halogens is 1. The van der Waals surface area contributed by atoms with Gasteiger partial charge in [-0.3, -0.25) is 9.97 Å². The molecule has 2 atom stereocenters. The zero-order chi connectivity index (χ0) is 23.5. The summed E-state index contributed by atoms with van der Waals surface area (Å²) in [5, 5.41) is 14.9. The number of pyridine rings is 2. The number of hydrogen-bond donors (Lipinski definition) is 2. The van der Waals surface area contributed by atoms with Gasteiger partial charge in [0.25, 0.3) is 0 Å². The molecular formula is C25H29FN4O4. The summed E-state index contributed by atoms with van der Waals surface area (Å²) in [7, 11) is 1.59. The second-order valence-electron chi connectivity index (χ2n) is 8.68. The SMILES string of the molecule is COc1ccc2ncc(F)c(CCN3CC[C@H](NCc4cc5c(cn4)OCCO5)[C@H](O)C3)c2c1. The predicted octanol–water partition coefficient (Wildman–Crippen LogP) is 2.32. The second-order valence-corrected chi connectivity index (χ2v) is 8.68. The van der Waals surface area contributed by atoms with Gasteiger partial charge in [0.15, 0.2) is 11.5 Å². The minimum absolute atomic E-state index is 0.0333. The molecule has 8 nitrogen and oxygen atoms in total. The van der Waals surface area contributed by atoms with Crippen LogP contribution in [0.1, 0.15) is 17.7 Å². The summed E-state index contributed by atoms with van der Waals surface area (Å²) < 4.78 is 31.0. The third-order valence-corrected chi connectivity index (χ3v) is 6.51. The van der Waals surface area contributed by atoms with E-state index in [0.29, 0.717) is 62.1 Å². The molecule has 0 unspecified atom stereocenters. The van der Waals surface area contributed by atoms with Gasteiger partial charge in [-0.05, 0) is 37.6 Å². The molecule has 2 aliphatic heterocycles. The number of nitrogens with one attached hydrogen (secondary N) is 1. The summed E-state index contributed by atoms with van der Waals surface area (Å²) in [6, 6.07) is 7.35. The van der Waals surface area contributed by atoms with Crippen LogP contribution in [0.3, 0.4) is 0 Å². The zero-order valence-electron chi connectivity index (χ0n) is 19.2. The number of rotatable bonds is 7. The molecule has 9 heteroatoms. The van der Waals surface area contributed by atoms with Gasteiger partial charge >= 0.3 is 0 Å². The van der Waals surface area contributed by atoms with Crippen LogP contribution in [-0.2, 0) is 13.0 Å². The number of piperidine rings is 1. The van der Waals surface area contributed by atoms with E-state index in [1.165, 1.54) is 6.20 Å². The van der Waals surface area contributed by atoms with Crippen molar-refractivity contribution in [2.24, 2.45) is 0 Å². The van der Waals surface area contributed by atoms with Crippen LogP contribution >= 0.6 is 0 Å². The van der Waals surface area contributed by atoms with Gasteiger partial charge in [0.2, 0.25) is 0 Å². The average Bonchev–Trinajstić information content (AvgIpc) is 2.87. The number of fused-ring (bicyclic) bond motifs is 2. The van der Waals surface area contributed by atoms with Crippen molar-refractivity contribution in [2.75, 3.05) is 40.0 Å². The molecule has 2 aromatic heterocycles. The van der Waals surface area contributed by atoms with Crippen LogP contribution < -0.4 is 19.5 Å². The maximum absolute atomic E-state index is 14.6. The number of likely N-dealkylation sites (tertiary alicyclic amines) is 1. The molecule has 180 valence electrons. The molecule has 34 heavy (non-hydrogen) atoms. The molecule has 1 saturated heterocycles. The van der Waals surface area contributed by atoms with Crippen LogP contribution in [0.4, 0.5) is 4.39 Å². The number of methoxy groups -OCH3 is 1. The maximum Gasteiger partial charge on any atom is 0.179 e. The summed E-state index contributed by atoms with van der Waals surface area (Å²) in [4.78, 5) is 10.8. The first-order valence-electron chi connectivity index (χ1n) is 11.6. The summed E-state index contributed by atoms with van der Waals surface area (Å²) in [6.45, 7) is 3.61. The van der Waals surface area contributed by atoms with E-state index in [1.807, 2.05) is 24.3 Å². The number of benzene rings is 1. The van der Waals surface area contributed by atoms with E-state index in [9.17, 15) is 9.50 Å². The number of ether oxygens (including phenoxy) is 3. The monoisotopic (exact) mass is 468 g/mol. The minimum atomic E-state index is -0.523. The van der Waals surface area contributed by atoms with Crippen molar-refractivity contribution in [3.8, 4) is 17.2 Å². The third kappa shape index (κ3) is 4.91. The van der Waals surface area contributed by atoms with Gasteiger partial charge in [0, 0.05) is 42.7 Å². The number of β-amino-alcohol motifs (C(OH)–C–C–N with tert-alkyl or cyclic N) is 1. The first-order chi connectivity index (χ1) is 16.6. The molecule has 1 aromatic carbocycles. The van der Waals surface area contributed by atoms with Crippen molar-refractivity contribution in [2.45, 2.75) is 31.5 Å². The topological polar surface area (TPSA) is 89.0 Å². The lowest BCUT2D eigenvalue weighted by Crippen LogP contribution is -2.52. The van der Waals surface area contributed by atoms with Gasteiger partial charge in [-0.15, -0.1) is 0 Å². The van der Waals surface area contributed by atoms with E-state index in [0.717, 1.165) is 29.6 Å². The van der Waals surface area contributed by atoms with E-state index in [2.05, 4.69) is 20.2 Å². The van der Waals surface area contributed by atoms with Gasteiger partial charge in [-0.25, -0.2) is 4.39 Å². The van der Waals surface area contributed by atoms with E-state index in [-0.39, 0.29) is 11.9 Å². The Morgan fingerprint density at radius 1 is 1.18 bits per heavy atom. The predicted molar refractivity (Wildman–Crippen MR) is 125 cm³/mol. The second kappa shape index (κ2) is 10.1. The number of nitrogens with zero attached hydrogens (tertiary/aromatic N) is 3. The Morgan fingerprint density at radius 2 is 2.03 bits per heavy atom. The van der Waals surface area contributed by atoms with Gasteiger partial charge in [-0.2, -0.15) is 0 Å². The standard InChI is InChI=1S/C25H29FN4O4/c1-32-17-2-3-21-19(11-17)18(20(26)13-29-21)4-6-30-7-5-22(23(31)15-30)28-12-16-10-24-25(14-27-16)34-9-8-33-24/h2-3,10-11,13-14,22-23,28,31H,4-9,12,15H2,1H3/t22-,23+/m0/s1. The summed E-state index contributed by atoms with van der Waals surface area (Å²) in [6.07, 6.45) is 3.76. The number of aliphatic hydroxyl groups excluding tert-OH is 1. The fourth-order valence-corrected chi connectivity index (χ4v) is 4.61. The van der Waals surface area contributed by atoms with Crippen LogP contribution in [0.25, 0.3) is 10.9 Å². The van der Waals surface area contributed by atoms with E-state index in [4.69, 9.17) is 14.2 Å². The Hall–Kier alpha value is -3.01. The van der Waals surface area contributed by atoms with Crippen LogP contribution in [-0.4, -0.2) is 72.1 Å². The fourth-order valence-electron chi connectivity index (χ4n) is 4.61. The summed E-state index contributed by atoms with van der Waals surface area (Å²) in [5.41, 5.74) is 2.21. The Bertz CT molecular complexity index is 1160. The van der Waals surface area contributed by atoms with Crippen molar-refractivity contribution in [1.29, 1.82) is 0 Å². The molecule has 2 N–H and O–H groups in total. The van der Waals surface area contributed by atoms with E-state index in [1.54, 1.807) is 13.3 Å². The Kier molecular flexibility index (Phi) is 6.75. The van der Waals surface area contributed by atoms with Crippen molar-refractivity contribution >= 4 is 10.9 Å². The molecule has 0 saturated carbocycles. The Labute approximate surface area is 197 Å². The molecular weight excluding hydrogens is 439 g/mol. The molecule has 2 aliphatic rings. The first-order valence-corrected chi connectivity index (χ1v) is 11.6. The third-order valence-electron chi connectivity index (χ3n) is 6.51. The molecule has 5 rings (SSSR count). The average molecular weight is 469 g/mol. The van der Waals surface area contributed by atoms with Crippen molar-refractivity contribution in [3.05, 3.63) is 53.7 Å². The highest BCUT2D eigenvalue weighted by Gasteiger charge is 2.27. The van der Waals surface area contributed by atoms with Gasteiger partial charge in [0.05, 0.1) is 36.8 Å². The number of hydrogen-bond acceptors (Lipinski definition) is 8. The van der Waals surface area contributed by atoms with Crippen LogP contribution in [0.5, 0.6) is 17.2 Å². The molecule has 1 fully saturated rings. The lowest BCUT2D eigenvalue weighted by molar-refractivity contribution is 0.0402. The highest BCUT2D eigenvalue weighted by Crippen LogP contribution is 2.29. The molecule has 0 aliphatic carbocycles. The van der Waals surface area contributed by atoms with Crippen molar-refractivity contribution in [3.63, 3.8) is 0 Å². The molecule has 0 bridgehead atoms. The summed E-state index contributed by atoms with van der Waals surface area (Å²) in [5.74, 6) is 1.74. The van der Waals surface area contributed by atoms with Crippen LogP contribution in [0.15, 0.2) is 36.7 Å². The van der Waals surface area contributed by atoms with Gasteiger partial charge < -0.3 is 29.5 Å². The molecule has 4 heterocycles. The Balaban J connectivity index is 1.16. The van der Waals surface area contributed by atoms with E-state index < -0.39 is 6.10 Å². The van der Waals surface area contributed by atoms with Gasteiger partial charge in [0.1, 0.15) is 24.8 Å². The number of aliphatic hydroxyl groups is 1. The smallest absolute Gasteiger partial charge is 0.179 e. The minimum Gasteiger partial charge on any atom is -0.497 e. The number of aromatic nitrogens is 2. The molecule has 0 spiro atoms. The lowest BCUT2D eigenvalue weighted by Gasteiger charge is -2.36. The van der Waals surface area contributed by atoms with Gasteiger partial charge in [-0.1, -0.05) is 0 Å². The zero-order valence-corrected chi connectivity index (χ0v) is 19.2. The highest BCUT2D eigenvalue weighted by molar-refractivity contribution is 5.83. The highest BCUT2D eigenvalue weighted by atomic mass is 19.1. The normalized spacial score (nSPS) is 20.4. The molecule has 0 radical (unpaired) electrons. The summed E-state index contributed by atoms with van der Waals surface area (Å²) >= 11 is 0. The lowest BCUT2D eigenvalue weighted by atomic mass is 10.00.